The van der Waals surface area contributed by atoms with Crippen molar-refractivity contribution < 1.29 is 9.53 Å². The highest BCUT2D eigenvalue weighted by molar-refractivity contribution is 5.92. The lowest BCUT2D eigenvalue weighted by molar-refractivity contribution is -0.115. The standard InChI is InChI=1S/C20H26N2O2/c1-5-24-18-8-6-17(7-9-18)21-11-10-19(23)22-20-15(3)12-14(2)13-16(20)4/h6-9,12-13,21H,5,10-11H2,1-4H3,(H,22,23). The van der Waals surface area contributed by atoms with E-state index in [1.807, 2.05) is 45.0 Å². The van der Waals surface area contributed by atoms with E-state index in [1.165, 1.54) is 5.56 Å². The zero-order chi connectivity index (χ0) is 17.5. The number of hydrogen-bond acceptors (Lipinski definition) is 3. The third-order valence-corrected chi connectivity index (χ3v) is 3.79. The van der Waals surface area contributed by atoms with Gasteiger partial charge in [0.2, 0.25) is 5.91 Å². The van der Waals surface area contributed by atoms with E-state index in [0.29, 0.717) is 19.6 Å². The number of anilines is 2. The maximum Gasteiger partial charge on any atom is 0.226 e. The zero-order valence-corrected chi connectivity index (χ0v) is 14.9. The number of ether oxygens (including phenoxy) is 1. The number of nitrogens with one attached hydrogen (secondary N) is 2. The van der Waals surface area contributed by atoms with E-state index in [2.05, 4.69) is 29.7 Å². The Labute approximate surface area is 144 Å². The number of hydrogen-bond donors (Lipinski definition) is 2. The maximum atomic E-state index is 12.2. The molecule has 0 saturated heterocycles. The van der Waals surface area contributed by atoms with E-state index >= 15 is 0 Å². The van der Waals surface area contributed by atoms with Crippen molar-refractivity contribution in [2.45, 2.75) is 34.1 Å². The zero-order valence-electron chi connectivity index (χ0n) is 14.9. The highest BCUT2D eigenvalue weighted by Crippen LogP contribution is 2.22. The van der Waals surface area contributed by atoms with Crippen LogP contribution in [0.2, 0.25) is 0 Å². The fraction of sp³-hybridized carbons (Fsp3) is 0.350. The summed E-state index contributed by atoms with van der Waals surface area (Å²) >= 11 is 0. The van der Waals surface area contributed by atoms with Gasteiger partial charge in [-0.25, -0.2) is 0 Å². The molecule has 0 heterocycles. The minimum absolute atomic E-state index is 0.0171. The van der Waals surface area contributed by atoms with Crippen LogP contribution in [0.5, 0.6) is 5.75 Å². The summed E-state index contributed by atoms with van der Waals surface area (Å²) in [6.45, 7) is 9.31. The second kappa shape index (κ2) is 8.39. The molecule has 0 atom stereocenters. The molecule has 2 aromatic rings. The number of amides is 1. The number of benzene rings is 2. The summed E-state index contributed by atoms with van der Waals surface area (Å²) in [5.41, 5.74) is 5.31. The quantitative estimate of drug-likeness (QED) is 0.790. The van der Waals surface area contributed by atoms with Crippen molar-refractivity contribution in [3.63, 3.8) is 0 Å². The first-order valence-electron chi connectivity index (χ1n) is 8.34. The number of carbonyl (C=O) groups excluding carboxylic acids is 1. The monoisotopic (exact) mass is 326 g/mol. The van der Waals surface area contributed by atoms with Gasteiger partial charge in [-0.05, 0) is 63.1 Å². The number of aryl methyl sites for hydroxylation is 3. The van der Waals surface area contributed by atoms with Gasteiger partial charge in [0, 0.05) is 24.3 Å². The van der Waals surface area contributed by atoms with E-state index in [9.17, 15) is 4.79 Å². The molecule has 0 aliphatic rings. The van der Waals surface area contributed by atoms with Gasteiger partial charge in [0.25, 0.3) is 0 Å². The van der Waals surface area contributed by atoms with Crippen LogP contribution in [0.3, 0.4) is 0 Å². The van der Waals surface area contributed by atoms with Gasteiger partial charge in [0.05, 0.1) is 6.61 Å². The van der Waals surface area contributed by atoms with E-state index < -0.39 is 0 Å². The molecule has 2 aromatic carbocycles. The largest absolute Gasteiger partial charge is 0.494 e. The van der Waals surface area contributed by atoms with Crippen molar-refractivity contribution in [2.24, 2.45) is 0 Å². The molecule has 0 fully saturated rings. The van der Waals surface area contributed by atoms with Crippen LogP contribution >= 0.6 is 0 Å². The van der Waals surface area contributed by atoms with Gasteiger partial charge in [0.1, 0.15) is 5.75 Å². The molecule has 0 spiro atoms. The summed E-state index contributed by atoms with van der Waals surface area (Å²) in [6, 6.07) is 11.9. The lowest BCUT2D eigenvalue weighted by atomic mass is 10.1. The molecule has 4 heteroatoms. The highest BCUT2D eigenvalue weighted by Gasteiger charge is 2.08. The van der Waals surface area contributed by atoms with E-state index in [4.69, 9.17) is 4.74 Å². The van der Waals surface area contributed by atoms with Crippen LogP contribution in [0, 0.1) is 20.8 Å². The number of rotatable bonds is 7. The van der Waals surface area contributed by atoms with Crippen molar-refractivity contribution in [1.82, 2.24) is 0 Å². The SMILES string of the molecule is CCOc1ccc(NCCC(=O)Nc2c(C)cc(C)cc2C)cc1. The van der Waals surface area contributed by atoms with Gasteiger partial charge in [-0.15, -0.1) is 0 Å². The molecule has 128 valence electrons. The maximum absolute atomic E-state index is 12.2. The first kappa shape index (κ1) is 17.9. The van der Waals surface area contributed by atoms with Crippen LogP contribution in [0.1, 0.15) is 30.0 Å². The van der Waals surface area contributed by atoms with Crippen molar-refractivity contribution in [3.8, 4) is 5.75 Å². The predicted molar refractivity (Wildman–Crippen MR) is 100 cm³/mol. The van der Waals surface area contributed by atoms with Crippen LogP contribution in [0.15, 0.2) is 36.4 Å². The Morgan fingerprint density at radius 2 is 1.67 bits per heavy atom. The first-order chi connectivity index (χ1) is 11.5. The molecule has 4 nitrogen and oxygen atoms in total. The van der Waals surface area contributed by atoms with Crippen molar-refractivity contribution in [3.05, 3.63) is 53.1 Å². The molecule has 0 bridgehead atoms. The van der Waals surface area contributed by atoms with Gasteiger partial charge < -0.3 is 15.4 Å². The summed E-state index contributed by atoms with van der Waals surface area (Å²) in [5.74, 6) is 0.870. The lowest BCUT2D eigenvalue weighted by Crippen LogP contribution is -2.17. The van der Waals surface area contributed by atoms with Crippen molar-refractivity contribution in [1.29, 1.82) is 0 Å². The fourth-order valence-electron chi connectivity index (χ4n) is 2.74. The average molecular weight is 326 g/mol. The van der Waals surface area contributed by atoms with Crippen LogP contribution < -0.4 is 15.4 Å². The van der Waals surface area contributed by atoms with E-state index in [0.717, 1.165) is 28.3 Å². The molecule has 0 aliphatic heterocycles. The third kappa shape index (κ3) is 5.01. The van der Waals surface area contributed by atoms with Gasteiger partial charge in [-0.3, -0.25) is 4.79 Å². The van der Waals surface area contributed by atoms with Crippen molar-refractivity contribution in [2.75, 3.05) is 23.8 Å². The Balaban J connectivity index is 1.83. The van der Waals surface area contributed by atoms with Gasteiger partial charge in [-0.2, -0.15) is 0 Å². The Hall–Kier alpha value is -2.49. The van der Waals surface area contributed by atoms with Gasteiger partial charge in [0.15, 0.2) is 0 Å². The van der Waals surface area contributed by atoms with Crippen LogP contribution in [-0.2, 0) is 4.79 Å². The molecule has 2 N–H and O–H groups in total. The Bertz CT molecular complexity index is 670. The first-order valence-corrected chi connectivity index (χ1v) is 8.34. The molecular weight excluding hydrogens is 300 g/mol. The molecule has 24 heavy (non-hydrogen) atoms. The van der Waals surface area contributed by atoms with Gasteiger partial charge >= 0.3 is 0 Å². The molecule has 0 unspecified atom stereocenters. The second-order valence-corrected chi connectivity index (χ2v) is 5.96. The fourth-order valence-corrected chi connectivity index (χ4v) is 2.74. The molecule has 0 saturated carbocycles. The lowest BCUT2D eigenvalue weighted by Gasteiger charge is -2.13. The Morgan fingerprint density at radius 3 is 2.25 bits per heavy atom. The molecule has 0 aromatic heterocycles. The summed E-state index contributed by atoms with van der Waals surface area (Å²) in [4.78, 5) is 12.2. The molecule has 1 amide bonds. The van der Waals surface area contributed by atoms with Crippen LogP contribution in [-0.4, -0.2) is 19.1 Å². The molecule has 0 radical (unpaired) electrons. The predicted octanol–water partition coefficient (Wildman–Crippen LogP) is 4.45. The normalized spacial score (nSPS) is 10.3. The Kier molecular flexibility index (Phi) is 6.24. The molecule has 0 aliphatic carbocycles. The highest BCUT2D eigenvalue weighted by atomic mass is 16.5. The molecule has 2 rings (SSSR count). The Morgan fingerprint density at radius 1 is 1.04 bits per heavy atom. The summed E-state index contributed by atoms with van der Waals surface area (Å²) in [7, 11) is 0. The summed E-state index contributed by atoms with van der Waals surface area (Å²) in [5, 5.41) is 6.27. The third-order valence-electron chi connectivity index (χ3n) is 3.79. The summed E-state index contributed by atoms with van der Waals surface area (Å²) in [6.07, 6.45) is 0.417. The van der Waals surface area contributed by atoms with Crippen LogP contribution in [0.25, 0.3) is 0 Å². The van der Waals surface area contributed by atoms with Crippen LogP contribution in [0.4, 0.5) is 11.4 Å². The van der Waals surface area contributed by atoms with E-state index in [1.54, 1.807) is 0 Å². The number of carbonyl (C=O) groups is 1. The second-order valence-electron chi connectivity index (χ2n) is 5.96. The minimum atomic E-state index is 0.0171. The smallest absolute Gasteiger partial charge is 0.226 e. The van der Waals surface area contributed by atoms with E-state index in [-0.39, 0.29) is 5.91 Å². The minimum Gasteiger partial charge on any atom is -0.494 e. The van der Waals surface area contributed by atoms with Crippen molar-refractivity contribution >= 4 is 17.3 Å². The van der Waals surface area contributed by atoms with Gasteiger partial charge in [-0.1, -0.05) is 17.7 Å². The topological polar surface area (TPSA) is 50.4 Å². The average Bonchev–Trinajstić information content (AvgIpc) is 2.53. The molecular formula is C20H26N2O2. The summed E-state index contributed by atoms with van der Waals surface area (Å²) < 4.78 is 5.41.